The van der Waals surface area contributed by atoms with Crippen molar-refractivity contribution in [1.82, 2.24) is 24.1 Å². The van der Waals surface area contributed by atoms with E-state index >= 15 is 0 Å². The highest BCUT2D eigenvalue weighted by Gasteiger charge is 2.19. The van der Waals surface area contributed by atoms with E-state index in [0.717, 1.165) is 56.5 Å². The van der Waals surface area contributed by atoms with E-state index in [0.29, 0.717) is 5.92 Å². The Labute approximate surface area is 293 Å². The molecule has 1 aliphatic carbocycles. The van der Waals surface area contributed by atoms with Gasteiger partial charge in [-0.25, -0.2) is 9.97 Å². The molecule has 5 heteroatoms. The monoisotopic (exact) mass is 653 g/mol. The van der Waals surface area contributed by atoms with Gasteiger partial charge in [0.25, 0.3) is 0 Å². The predicted molar refractivity (Wildman–Crippen MR) is 211 cm³/mol. The first-order valence-electron chi connectivity index (χ1n) is 17.5. The van der Waals surface area contributed by atoms with Crippen molar-refractivity contribution in [3.05, 3.63) is 170 Å². The van der Waals surface area contributed by atoms with Gasteiger partial charge in [-0.15, -0.1) is 0 Å². The molecule has 1 N–H and O–H groups in total. The Morgan fingerprint density at radius 1 is 0.510 bits per heavy atom. The number of hydrogen-bond donors (Lipinski definition) is 1. The Hall–Kier alpha value is -6.72. The van der Waals surface area contributed by atoms with Crippen molar-refractivity contribution in [3.8, 4) is 22.5 Å². The van der Waals surface area contributed by atoms with Crippen LogP contribution < -0.4 is 0 Å². The number of H-pyrrole nitrogens is 1. The molecule has 240 valence electrons. The minimum atomic E-state index is 0.391. The predicted octanol–water partition coefficient (Wildman–Crippen LogP) is 11.6. The second-order valence-electron chi connectivity index (χ2n) is 13.5. The third kappa shape index (κ3) is 4.28. The average molecular weight is 654 g/mol. The SMILES string of the molecule is C1=CCC(c2ccc3c(c2)c2cccnc2n3-c2ccc3[nH]c4ccc(-n5c6ccc(-c7ccccc7)cc6c6cccnc65)cc4c3c2)C=C1. The van der Waals surface area contributed by atoms with Gasteiger partial charge in [0.05, 0.1) is 11.0 Å². The number of benzene rings is 5. The summed E-state index contributed by atoms with van der Waals surface area (Å²) in [5.74, 6) is 0.391. The molecule has 0 bridgehead atoms. The summed E-state index contributed by atoms with van der Waals surface area (Å²) in [6.45, 7) is 0. The van der Waals surface area contributed by atoms with Crippen LogP contribution in [0.2, 0.25) is 0 Å². The first kappa shape index (κ1) is 28.2. The molecule has 0 fully saturated rings. The van der Waals surface area contributed by atoms with Gasteiger partial charge in [-0.05, 0) is 108 Å². The number of nitrogens with zero attached hydrogens (tertiary/aromatic N) is 4. The average Bonchev–Trinajstić information content (AvgIpc) is 3.85. The van der Waals surface area contributed by atoms with Crippen LogP contribution in [0.25, 0.3) is 88.2 Å². The summed E-state index contributed by atoms with van der Waals surface area (Å²) >= 11 is 0. The van der Waals surface area contributed by atoms with Gasteiger partial charge < -0.3 is 4.98 Å². The summed E-state index contributed by atoms with van der Waals surface area (Å²) in [6.07, 6.45) is 13.7. The first-order valence-corrected chi connectivity index (χ1v) is 17.5. The third-order valence-electron chi connectivity index (χ3n) is 10.7. The van der Waals surface area contributed by atoms with Crippen molar-refractivity contribution < 1.29 is 0 Å². The quantitative estimate of drug-likeness (QED) is 0.205. The van der Waals surface area contributed by atoms with E-state index in [-0.39, 0.29) is 0 Å². The molecule has 0 saturated heterocycles. The zero-order valence-electron chi connectivity index (χ0n) is 27.7. The first-order chi connectivity index (χ1) is 25.3. The number of fused-ring (bicyclic) bond motifs is 9. The maximum Gasteiger partial charge on any atom is 0.145 e. The number of rotatable bonds is 4. The lowest BCUT2D eigenvalue weighted by Crippen LogP contribution is -1.97. The standard InChI is InChI=1S/C46H31N5/c1-3-9-29(10-4-1)31-15-21-43-39(25-31)35-13-7-23-47-45(35)50(43)33-17-19-41-37(27-33)38-28-34(18-20-42(38)49-41)51-44-22-16-32(30-11-5-2-6-12-30)26-40(44)36-14-8-24-48-46(36)51/h1-11,13-28,30,49H,12H2. The molecule has 5 heterocycles. The smallest absolute Gasteiger partial charge is 0.145 e. The number of pyridine rings is 2. The van der Waals surface area contributed by atoms with Crippen molar-refractivity contribution in [2.75, 3.05) is 0 Å². The van der Waals surface area contributed by atoms with Gasteiger partial charge in [-0.3, -0.25) is 9.13 Å². The summed E-state index contributed by atoms with van der Waals surface area (Å²) in [6, 6.07) is 46.1. The fourth-order valence-corrected chi connectivity index (χ4v) is 8.25. The molecular weight excluding hydrogens is 623 g/mol. The summed E-state index contributed by atoms with van der Waals surface area (Å²) in [4.78, 5) is 13.5. The molecule has 1 aliphatic rings. The van der Waals surface area contributed by atoms with Crippen molar-refractivity contribution in [1.29, 1.82) is 0 Å². The Balaban J connectivity index is 1.09. The fraction of sp³-hybridized carbons (Fsp3) is 0.0435. The van der Waals surface area contributed by atoms with Crippen LogP contribution in [0, 0.1) is 0 Å². The normalized spacial score (nSPS) is 14.6. The van der Waals surface area contributed by atoms with E-state index in [2.05, 4.69) is 154 Å². The largest absolute Gasteiger partial charge is 0.355 e. The van der Waals surface area contributed by atoms with Gasteiger partial charge >= 0.3 is 0 Å². The van der Waals surface area contributed by atoms with Crippen LogP contribution >= 0.6 is 0 Å². The Kier molecular flexibility index (Phi) is 6.01. The second kappa shape index (κ2) is 10.9. The fourth-order valence-electron chi connectivity index (χ4n) is 8.25. The molecule has 1 atom stereocenters. The second-order valence-corrected chi connectivity index (χ2v) is 13.5. The van der Waals surface area contributed by atoms with Crippen LogP contribution in [0.4, 0.5) is 0 Å². The van der Waals surface area contributed by atoms with Gasteiger partial charge in [-0.1, -0.05) is 66.8 Å². The Bertz CT molecular complexity index is 3060. The highest BCUT2D eigenvalue weighted by Crippen LogP contribution is 2.38. The van der Waals surface area contributed by atoms with Gasteiger partial charge in [-0.2, -0.15) is 0 Å². The molecule has 0 radical (unpaired) electrons. The Morgan fingerprint density at radius 3 is 1.80 bits per heavy atom. The van der Waals surface area contributed by atoms with Crippen molar-refractivity contribution in [2.24, 2.45) is 0 Å². The van der Waals surface area contributed by atoms with Crippen LogP contribution in [0.1, 0.15) is 17.9 Å². The van der Waals surface area contributed by atoms with Gasteiger partial charge in [0.1, 0.15) is 11.3 Å². The molecular formula is C46H31N5. The maximum absolute atomic E-state index is 4.92. The highest BCUT2D eigenvalue weighted by atomic mass is 15.1. The highest BCUT2D eigenvalue weighted by molar-refractivity contribution is 6.12. The Morgan fingerprint density at radius 2 is 1.16 bits per heavy atom. The number of aromatic nitrogens is 5. The molecule has 5 aromatic heterocycles. The topological polar surface area (TPSA) is 51.4 Å². The van der Waals surface area contributed by atoms with Crippen molar-refractivity contribution in [2.45, 2.75) is 12.3 Å². The van der Waals surface area contributed by atoms with E-state index in [1.807, 2.05) is 24.5 Å². The molecule has 10 aromatic rings. The van der Waals surface area contributed by atoms with Crippen molar-refractivity contribution >= 4 is 65.7 Å². The van der Waals surface area contributed by atoms with E-state index in [4.69, 9.17) is 9.97 Å². The van der Waals surface area contributed by atoms with Crippen LogP contribution in [0.15, 0.2) is 164 Å². The van der Waals surface area contributed by atoms with E-state index in [9.17, 15) is 0 Å². The van der Waals surface area contributed by atoms with Crippen LogP contribution in [0.5, 0.6) is 0 Å². The summed E-state index contributed by atoms with van der Waals surface area (Å²) in [5.41, 5.74) is 12.3. The molecule has 5 nitrogen and oxygen atoms in total. The molecule has 5 aromatic carbocycles. The number of nitrogens with one attached hydrogen (secondary N) is 1. The van der Waals surface area contributed by atoms with Gasteiger partial charge in [0.15, 0.2) is 0 Å². The third-order valence-corrected chi connectivity index (χ3v) is 10.7. The molecule has 0 amide bonds. The van der Waals surface area contributed by atoms with Crippen LogP contribution in [-0.4, -0.2) is 24.1 Å². The maximum atomic E-state index is 4.92. The molecule has 0 saturated carbocycles. The molecule has 51 heavy (non-hydrogen) atoms. The number of hydrogen-bond acceptors (Lipinski definition) is 2. The lowest BCUT2D eigenvalue weighted by Gasteiger charge is -2.14. The summed E-state index contributed by atoms with van der Waals surface area (Å²) in [5, 5.41) is 7.08. The van der Waals surface area contributed by atoms with Gasteiger partial charge in [0.2, 0.25) is 0 Å². The van der Waals surface area contributed by atoms with Crippen molar-refractivity contribution in [3.63, 3.8) is 0 Å². The molecule has 0 aliphatic heterocycles. The minimum Gasteiger partial charge on any atom is -0.355 e. The number of aromatic amines is 1. The minimum absolute atomic E-state index is 0.391. The van der Waals surface area contributed by atoms with E-state index in [1.165, 1.54) is 43.6 Å². The lowest BCUT2D eigenvalue weighted by molar-refractivity contribution is 0.855. The van der Waals surface area contributed by atoms with E-state index < -0.39 is 0 Å². The summed E-state index contributed by atoms with van der Waals surface area (Å²) in [7, 11) is 0. The summed E-state index contributed by atoms with van der Waals surface area (Å²) < 4.78 is 4.61. The molecule has 11 rings (SSSR count). The zero-order valence-corrected chi connectivity index (χ0v) is 27.7. The van der Waals surface area contributed by atoms with Crippen LogP contribution in [0.3, 0.4) is 0 Å². The van der Waals surface area contributed by atoms with E-state index in [1.54, 1.807) is 0 Å². The van der Waals surface area contributed by atoms with Crippen LogP contribution in [-0.2, 0) is 0 Å². The molecule has 1 unspecified atom stereocenters. The molecule has 0 spiro atoms. The lowest BCUT2D eigenvalue weighted by atomic mass is 9.91. The number of allylic oxidation sites excluding steroid dienone is 4. The van der Waals surface area contributed by atoms with Gasteiger partial charge in [0, 0.05) is 73.0 Å². The zero-order chi connectivity index (χ0) is 33.5.